The summed E-state index contributed by atoms with van der Waals surface area (Å²) in [6.07, 6.45) is 0.665. The van der Waals surface area contributed by atoms with Crippen LogP contribution in [-0.4, -0.2) is 12.0 Å². The summed E-state index contributed by atoms with van der Waals surface area (Å²) in [6, 6.07) is 18.0. The number of ether oxygens (including phenoxy) is 1. The quantitative estimate of drug-likeness (QED) is 0.828. The van der Waals surface area contributed by atoms with Gasteiger partial charge in [0.05, 0.1) is 6.10 Å². The molecule has 1 amide bonds. The Bertz CT molecular complexity index is 605. The van der Waals surface area contributed by atoms with Crippen LogP contribution in [0.5, 0.6) is 5.75 Å². The summed E-state index contributed by atoms with van der Waals surface area (Å²) < 4.78 is 5.61. The molecule has 0 aromatic heterocycles. The topological polar surface area (TPSA) is 38.3 Å². The zero-order valence-corrected chi connectivity index (χ0v) is 14.1. The van der Waals surface area contributed by atoms with E-state index in [2.05, 4.69) is 24.4 Å². The highest BCUT2D eigenvalue weighted by molar-refractivity contribution is 5.76. The molecule has 23 heavy (non-hydrogen) atoms. The lowest BCUT2D eigenvalue weighted by Crippen LogP contribution is -2.24. The number of amides is 1. The van der Waals surface area contributed by atoms with Crippen LogP contribution in [0.15, 0.2) is 54.6 Å². The molecule has 1 N–H and O–H groups in total. The minimum atomic E-state index is 0.0730. The van der Waals surface area contributed by atoms with E-state index in [0.29, 0.717) is 13.0 Å². The van der Waals surface area contributed by atoms with Crippen molar-refractivity contribution >= 4 is 5.91 Å². The van der Waals surface area contributed by atoms with Gasteiger partial charge in [-0.15, -0.1) is 0 Å². The number of benzene rings is 2. The van der Waals surface area contributed by atoms with Crippen molar-refractivity contribution in [3.8, 4) is 5.75 Å². The van der Waals surface area contributed by atoms with E-state index in [-0.39, 0.29) is 17.9 Å². The molecular formula is C20H25NO2. The highest BCUT2D eigenvalue weighted by atomic mass is 16.5. The molecule has 0 saturated carbocycles. The second-order valence-electron chi connectivity index (χ2n) is 6.10. The van der Waals surface area contributed by atoms with Gasteiger partial charge in [-0.25, -0.2) is 0 Å². The van der Waals surface area contributed by atoms with Gasteiger partial charge in [0.25, 0.3) is 0 Å². The summed E-state index contributed by atoms with van der Waals surface area (Å²) in [5.41, 5.74) is 2.26. The molecule has 0 heterocycles. The summed E-state index contributed by atoms with van der Waals surface area (Å²) in [5.74, 6) is 1.15. The van der Waals surface area contributed by atoms with E-state index < -0.39 is 0 Å². The van der Waals surface area contributed by atoms with Gasteiger partial charge < -0.3 is 10.1 Å². The SMILES string of the molecule is CC(C)Oc1ccc(CNC(=O)CC(C)c2ccccc2)cc1. The van der Waals surface area contributed by atoms with Gasteiger partial charge in [0.1, 0.15) is 5.75 Å². The van der Waals surface area contributed by atoms with Crippen molar-refractivity contribution in [3.05, 3.63) is 65.7 Å². The Labute approximate surface area is 138 Å². The molecule has 122 valence electrons. The van der Waals surface area contributed by atoms with Gasteiger partial charge in [-0.2, -0.15) is 0 Å². The molecule has 3 heteroatoms. The Balaban J connectivity index is 1.80. The number of hydrogen-bond donors (Lipinski definition) is 1. The van der Waals surface area contributed by atoms with Crippen LogP contribution in [0.25, 0.3) is 0 Å². The maximum absolute atomic E-state index is 12.1. The zero-order chi connectivity index (χ0) is 16.7. The third-order valence-electron chi connectivity index (χ3n) is 3.65. The van der Waals surface area contributed by atoms with Crippen molar-refractivity contribution in [2.24, 2.45) is 0 Å². The maximum atomic E-state index is 12.1. The second-order valence-corrected chi connectivity index (χ2v) is 6.10. The summed E-state index contributed by atoms with van der Waals surface area (Å²) in [7, 11) is 0. The average Bonchev–Trinajstić information content (AvgIpc) is 2.54. The van der Waals surface area contributed by atoms with Crippen LogP contribution in [0, 0.1) is 0 Å². The first-order valence-corrected chi connectivity index (χ1v) is 8.12. The molecule has 1 unspecified atom stereocenters. The van der Waals surface area contributed by atoms with E-state index in [1.165, 1.54) is 5.56 Å². The van der Waals surface area contributed by atoms with Crippen molar-refractivity contribution in [3.63, 3.8) is 0 Å². The van der Waals surface area contributed by atoms with Crippen molar-refractivity contribution in [1.82, 2.24) is 5.32 Å². The number of carbonyl (C=O) groups excluding carboxylic acids is 1. The Kier molecular flexibility index (Phi) is 6.21. The van der Waals surface area contributed by atoms with E-state index >= 15 is 0 Å². The minimum absolute atomic E-state index is 0.0730. The van der Waals surface area contributed by atoms with Gasteiger partial charge in [0, 0.05) is 13.0 Å². The number of carbonyl (C=O) groups is 1. The largest absolute Gasteiger partial charge is 0.491 e. The van der Waals surface area contributed by atoms with Gasteiger partial charge in [0.2, 0.25) is 5.91 Å². The lowest BCUT2D eigenvalue weighted by Gasteiger charge is -2.13. The first-order chi connectivity index (χ1) is 11.0. The van der Waals surface area contributed by atoms with E-state index in [1.54, 1.807) is 0 Å². The van der Waals surface area contributed by atoms with Gasteiger partial charge in [-0.05, 0) is 43.0 Å². The predicted octanol–water partition coefficient (Wildman–Crippen LogP) is 4.28. The van der Waals surface area contributed by atoms with Gasteiger partial charge in [-0.3, -0.25) is 4.79 Å². The van der Waals surface area contributed by atoms with Gasteiger partial charge in [0.15, 0.2) is 0 Å². The van der Waals surface area contributed by atoms with Crippen LogP contribution >= 0.6 is 0 Å². The van der Waals surface area contributed by atoms with Gasteiger partial charge >= 0.3 is 0 Å². The molecule has 1 atom stereocenters. The lowest BCUT2D eigenvalue weighted by molar-refractivity contribution is -0.121. The summed E-state index contributed by atoms with van der Waals surface area (Å²) in [4.78, 5) is 12.1. The molecule has 2 aromatic carbocycles. The Morgan fingerprint density at radius 3 is 2.26 bits per heavy atom. The number of rotatable bonds is 7. The fraction of sp³-hybridized carbons (Fsp3) is 0.350. The molecule has 0 radical (unpaired) electrons. The number of hydrogen-bond acceptors (Lipinski definition) is 2. The molecule has 3 nitrogen and oxygen atoms in total. The third kappa shape index (κ3) is 5.78. The third-order valence-corrected chi connectivity index (χ3v) is 3.65. The number of nitrogens with one attached hydrogen (secondary N) is 1. The molecule has 0 spiro atoms. The maximum Gasteiger partial charge on any atom is 0.220 e. The molecule has 0 saturated heterocycles. The van der Waals surface area contributed by atoms with Crippen molar-refractivity contribution in [1.29, 1.82) is 0 Å². The summed E-state index contributed by atoms with van der Waals surface area (Å²) >= 11 is 0. The van der Waals surface area contributed by atoms with Gasteiger partial charge in [-0.1, -0.05) is 49.4 Å². The van der Waals surface area contributed by atoms with E-state index in [4.69, 9.17) is 4.74 Å². The molecule has 0 aliphatic carbocycles. The van der Waals surface area contributed by atoms with E-state index in [0.717, 1.165) is 11.3 Å². The highest BCUT2D eigenvalue weighted by Gasteiger charge is 2.10. The van der Waals surface area contributed by atoms with E-state index in [1.807, 2.05) is 56.3 Å². The Hall–Kier alpha value is -2.29. The molecule has 0 fully saturated rings. The Morgan fingerprint density at radius 2 is 1.65 bits per heavy atom. The van der Waals surface area contributed by atoms with Crippen LogP contribution in [0.4, 0.5) is 0 Å². The molecule has 2 aromatic rings. The van der Waals surface area contributed by atoms with Crippen molar-refractivity contribution in [2.75, 3.05) is 0 Å². The minimum Gasteiger partial charge on any atom is -0.491 e. The van der Waals surface area contributed by atoms with Crippen LogP contribution in [0.3, 0.4) is 0 Å². The smallest absolute Gasteiger partial charge is 0.220 e. The molecule has 0 bridgehead atoms. The fourth-order valence-electron chi connectivity index (χ4n) is 2.41. The first kappa shape index (κ1) is 17.1. The standard InChI is InChI=1S/C20H25NO2/c1-15(2)23-19-11-9-17(10-12-19)14-21-20(22)13-16(3)18-7-5-4-6-8-18/h4-12,15-16H,13-14H2,1-3H3,(H,21,22). The molecule has 2 rings (SSSR count). The van der Waals surface area contributed by atoms with E-state index in [9.17, 15) is 4.79 Å². The molecule has 0 aliphatic heterocycles. The zero-order valence-electron chi connectivity index (χ0n) is 14.1. The van der Waals surface area contributed by atoms with Crippen LogP contribution in [-0.2, 0) is 11.3 Å². The van der Waals surface area contributed by atoms with Crippen LogP contribution < -0.4 is 10.1 Å². The lowest BCUT2D eigenvalue weighted by atomic mass is 9.97. The second kappa shape index (κ2) is 8.37. The molecular weight excluding hydrogens is 286 g/mol. The Morgan fingerprint density at radius 1 is 1.00 bits per heavy atom. The van der Waals surface area contributed by atoms with Crippen molar-refractivity contribution in [2.45, 2.75) is 45.8 Å². The van der Waals surface area contributed by atoms with Crippen LogP contribution in [0.2, 0.25) is 0 Å². The van der Waals surface area contributed by atoms with Crippen molar-refractivity contribution < 1.29 is 9.53 Å². The first-order valence-electron chi connectivity index (χ1n) is 8.12. The summed E-state index contributed by atoms with van der Waals surface area (Å²) in [6.45, 7) is 6.62. The monoisotopic (exact) mass is 311 g/mol. The highest BCUT2D eigenvalue weighted by Crippen LogP contribution is 2.18. The predicted molar refractivity (Wildman–Crippen MR) is 93.5 cm³/mol. The fourth-order valence-corrected chi connectivity index (χ4v) is 2.41. The molecule has 0 aliphatic rings. The summed E-state index contributed by atoms with van der Waals surface area (Å²) in [5, 5.41) is 2.98. The normalized spacial score (nSPS) is 12.0. The van der Waals surface area contributed by atoms with Crippen LogP contribution in [0.1, 0.15) is 44.2 Å². The average molecular weight is 311 g/mol.